The first-order valence-corrected chi connectivity index (χ1v) is 4.64. The van der Waals surface area contributed by atoms with Crippen molar-refractivity contribution in [3.63, 3.8) is 0 Å². The molecular formula is C8H16ClNO4. The van der Waals surface area contributed by atoms with Gasteiger partial charge in [0.1, 0.15) is 0 Å². The van der Waals surface area contributed by atoms with E-state index in [1.165, 1.54) is 0 Å². The minimum atomic E-state index is -0.498. The third-order valence-electron chi connectivity index (χ3n) is 1.00. The van der Waals surface area contributed by atoms with E-state index < -0.39 is 5.56 Å². The van der Waals surface area contributed by atoms with Crippen LogP contribution in [0.5, 0.6) is 0 Å². The van der Waals surface area contributed by atoms with Gasteiger partial charge in [0.15, 0.2) is 5.56 Å². The molecule has 0 aromatic heterocycles. The highest BCUT2D eigenvalue weighted by Crippen LogP contribution is 1.97. The highest BCUT2D eigenvalue weighted by Gasteiger charge is 2.00. The van der Waals surface area contributed by atoms with Crippen LogP contribution < -0.4 is 5.90 Å². The maximum atomic E-state index is 10.3. The summed E-state index contributed by atoms with van der Waals surface area (Å²) in [4.78, 5) is 23.9. The molecule has 0 saturated carbocycles. The van der Waals surface area contributed by atoms with Crippen LogP contribution in [0.2, 0.25) is 0 Å². The topological polar surface area (TPSA) is 78.6 Å². The Bertz CT molecular complexity index is 167. The predicted molar refractivity (Wildman–Crippen MR) is 52.3 cm³/mol. The Morgan fingerprint density at radius 3 is 1.79 bits per heavy atom. The first-order chi connectivity index (χ1) is 6.47. The highest BCUT2D eigenvalue weighted by molar-refractivity contribution is 6.19. The predicted octanol–water partition coefficient (Wildman–Crippen LogP) is 1.34. The second-order valence-corrected chi connectivity index (χ2v) is 2.84. The number of hydrogen-bond acceptors (Lipinski definition) is 5. The summed E-state index contributed by atoms with van der Waals surface area (Å²) in [5, 5.41) is 0. The molecule has 0 aliphatic heterocycles. The van der Waals surface area contributed by atoms with Gasteiger partial charge in [0, 0.05) is 12.8 Å². The van der Waals surface area contributed by atoms with Gasteiger partial charge in [-0.25, -0.2) is 0 Å². The number of ether oxygens (including phenoxy) is 1. The third-order valence-corrected chi connectivity index (χ3v) is 1.09. The van der Waals surface area contributed by atoms with Crippen molar-refractivity contribution in [3.05, 3.63) is 0 Å². The van der Waals surface area contributed by atoms with Crippen molar-refractivity contribution in [2.75, 3.05) is 0 Å². The van der Waals surface area contributed by atoms with Gasteiger partial charge in [-0.2, -0.15) is 5.90 Å². The van der Waals surface area contributed by atoms with Crippen LogP contribution in [0.1, 0.15) is 33.6 Å². The summed E-state index contributed by atoms with van der Waals surface area (Å²) in [6.07, 6.45) is 0.730. The van der Waals surface area contributed by atoms with E-state index in [9.17, 15) is 9.59 Å². The molecule has 0 aliphatic carbocycles. The van der Waals surface area contributed by atoms with Crippen molar-refractivity contribution >= 4 is 23.5 Å². The monoisotopic (exact) mass is 225 g/mol. The van der Waals surface area contributed by atoms with Crippen LogP contribution in [-0.4, -0.2) is 17.5 Å². The Morgan fingerprint density at radius 1 is 1.29 bits per heavy atom. The van der Waals surface area contributed by atoms with Gasteiger partial charge in [-0.05, 0) is 6.92 Å². The number of esters is 1. The quantitative estimate of drug-likeness (QED) is 0.446. The fourth-order valence-electron chi connectivity index (χ4n) is 0.348. The van der Waals surface area contributed by atoms with Crippen molar-refractivity contribution in [2.45, 2.75) is 39.2 Å². The molecular weight excluding hydrogens is 210 g/mol. The molecule has 0 saturated heterocycles. The van der Waals surface area contributed by atoms with Crippen LogP contribution in [0, 0.1) is 0 Å². The average molecular weight is 226 g/mol. The van der Waals surface area contributed by atoms with Gasteiger partial charge in [-0.3, -0.25) is 9.59 Å². The lowest BCUT2D eigenvalue weighted by atomic mass is 10.5. The zero-order valence-electron chi connectivity index (χ0n) is 8.58. The summed E-state index contributed by atoms with van der Waals surface area (Å²) in [5.74, 6) is 3.80. The summed E-state index contributed by atoms with van der Waals surface area (Å²) in [6.45, 7) is 5.01. The van der Waals surface area contributed by atoms with Crippen molar-refractivity contribution in [1.82, 2.24) is 0 Å². The number of hydrogen-bond donors (Lipinski definition) is 1. The molecule has 14 heavy (non-hydrogen) atoms. The Labute approximate surface area is 88.4 Å². The maximum Gasteiger partial charge on any atom is 0.324 e. The molecule has 0 rings (SSSR count). The van der Waals surface area contributed by atoms with Crippen LogP contribution in [0.15, 0.2) is 0 Å². The van der Waals surface area contributed by atoms with E-state index in [1.807, 2.05) is 0 Å². The Hall–Kier alpha value is -0.810. The van der Waals surface area contributed by atoms with E-state index in [0.29, 0.717) is 12.8 Å². The molecule has 6 heteroatoms. The van der Waals surface area contributed by atoms with Crippen LogP contribution in [0.3, 0.4) is 0 Å². The molecule has 0 aromatic rings. The molecule has 0 spiro atoms. The second kappa shape index (κ2) is 10.3. The number of alkyl halides is 1. The second-order valence-electron chi connectivity index (χ2n) is 2.23. The van der Waals surface area contributed by atoms with Crippen LogP contribution in [0.25, 0.3) is 0 Å². The number of halogens is 1. The lowest BCUT2D eigenvalue weighted by molar-refractivity contribution is -0.145. The van der Waals surface area contributed by atoms with Gasteiger partial charge >= 0.3 is 11.9 Å². The van der Waals surface area contributed by atoms with Gasteiger partial charge in [-0.15, -0.1) is 0 Å². The summed E-state index contributed by atoms with van der Waals surface area (Å²) in [5.41, 5.74) is -0.498. The molecule has 0 aliphatic rings. The number of nitrogens with two attached hydrogens (primary N) is 1. The Balaban J connectivity index is 0. The molecule has 1 unspecified atom stereocenters. The third kappa shape index (κ3) is 13.8. The van der Waals surface area contributed by atoms with Gasteiger partial charge in [0.25, 0.3) is 0 Å². The zero-order chi connectivity index (χ0) is 11.6. The number of carbonyl (C=O) groups is 2. The minimum absolute atomic E-state index is 0.257. The molecule has 0 bridgehead atoms. The van der Waals surface area contributed by atoms with E-state index in [0.717, 1.165) is 0 Å². The summed E-state index contributed by atoms with van der Waals surface area (Å²) >= 11 is 5.31. The summed E-state index contributed by atoms with van der Waals surface area (Å²) < 4.78 is 4.53. The Morgan fingerprint density at radius 2 is 1.71 bits per heavy atom. The lowest BCUT2D eigenvalue weighted by Gasteiger charge is -2.02. The van der Waals surface area contributed by atoms with Crippen molar-refractivity contribution in [2.24, 2.45) is 5.90 Å². The molecule has 5 nitrogen and oxygen atoms in total. The van der Waals surface area contributed by atoms with Crippen molar-refractivity contribution in [3.8, 4) is 0 Å². The van der Waals surface area contributed by atoms with Crippen LogP contribution in [0.4, 0.5) is 0 Å². The fourth-order valence-corrected chi connectivity index (χ4v) is 0.447. The normalized spacial score (nSPS) is 10.6. The number of rotatable bonds is 3. The highest BCUT2D eigenvalue weighted by atomic mass is 35.5. The fraction of sp³-hybridized carbons (Fsp3) is 0.750. The van der Waals surface area contributed by atoms with Crippen LogP contribution in [-0.2, 0) is 19.2 Å². The molecule has 84 valence electrons. The van der Waals surface area contributed by atoms with Crippen LogP contribution >= 0.6 is 11.6 Å². The van der Waals surface area contributed by atoms with Gasteiger partial charge < -0.3 is 9.57 Å². The summed E-state index contributed by atoms with van der Waals surface area (Å²) in [7, 11) is 0. The van der Waals surface area contributed by atoms with Gasteiger partial charge in [0.2, 0.25) is 0 Å². The van der Waals surface area contributed by atoms with E-state index in [4.69, 9.17) is 11.6 Å². The lowest BCUT2D eigenvalue weighted by Crippen LogP contribution is -2.07. The van der Waals surface area contributed by atoms with Gasteiger partial charge in [0.05, 0.1) is 0 Å². The molecule has 2 N–H and O–H groups in total. The van der Waals surface area contributed by atoms with Crippen molar-refractivity contribution < 1.29 is 19.2 Å². The standard InChI is InChI=1S/C5H9ClO2.C3H7NO2/c1-3-5(7)8-4(2)6;1-2-3(5)6-4/h4H,3H2,1-2H3;2,4H2,1H3. The smallest absolute Gasteiger partial charge is 0.324 e. The Kier molecular flexibility index (Phi) is 11.5. The first kappa shape index (κ1) is 15.7. The largest absolute Gasteiger partial charge is 0.446 e. The molecule has 0 aromatic carbocycles. The van der Waals surface area contributed by atoms with E-state index in [-0.39, 0.29) is 11.9 Å². The van der Waals surface area contributed by atoms with Crippen molar-refractivity contribution in [1.29, 1.82) is 0 Å². The maximum absolute atomic E-state index is 10.3. The minimum Gasteiger partial charge on any atom is -0.446 e. The molecule has 1 atom stereocenters. The number of carbonyl (C=O) groups excluding carboxylic acids is 2. The first-order valence-electron chi connectivity index (χ1n) is 4.20. The molecule has 0 heterocycles. The molecule has 0 fully saturated rings. The molecule has 0 amide bonds. The van der Waals surface area contributed by atoms with E-state index in [1.54, 1.807) is 20.8 Å². The zero-order valence-corrected chi connectivity index (χ0v) is 9.34. The average Bonchev–Trinajstić information content (AvgIpc) is 2.16. The SMILES string of the molecule is CCC(=O)OC(C)Cl.CCC(=O)ON. The summed E-state index contributed by atoms with van der Waals surface area (Å²) in [6, 6.07) is 0. The molecule has 0 radical (unpaired) electrons. The van der Waals surface area contributed by atoms with Gasteiger partial charge in [-0.1, -0.05) is 25.4 Å². The van der Waals surface area contributed by atoms with E-state index >= 15 is 0 Å². The van der Waals surface area contributed by atoms with E-state index in [2.05, 4.69) is 15.5 Å².